The number of ether oxygens (including phenoxy) is 1. The van der Waals surface area contributed by atoms with Crippen LogP contribution in [0.4, 0.5) is 0 Å². The van der Waals surface area contributed by atoms with E-state index in [4.69, 9.17) is 4.74 Å². The van der Waals surface area contributed by atoms with Gasteiger partial charge in [0, 0.05) is 19.3 Å². The second-order valence-electron chi connectivity index (χ2n) is 6.72. The van der Waals surface area contributed by atoms with Crippen LogP contribution in [0.25, 0.3) is 0 Å². The Hall–Kier alpha value is -0.860. The predicted molar refractivity (Wildman–Crippen MR) is 91.9 cm³/mol. The summed E-state index contributed by atoms with van der Waals surface area (Å²) >= 11 is 0. The molecule has 0 heterocycles. The second kappa shape index (κ2) is 9.22. The van der Waals surface area contributed by atoms with Gasteiger partial charge in [0.15, 0.2) is 0 Å². The third-order valence-electron chi connectivity index (χ3n) is 3.81. The summed E-state index contributed by atoms with van der Waals surface area (Å²) in [6, 6.07) is 9.57. The molecule has 0 spiro atoms. The first-order valence-corrected chi connectivity index (χ1v) is 8.40. The molecule has 1 aromatic rings. The summed E-state index contributed by atoms with van der Waals surface area (Å²) < 4.78 is 5.46. The normalized spacial score (nSPS) is 13.4. The fraction of sp³-hybridized carbons (Fsp3) is 0.684. The second-order valence-corrected chi connectivity index (χ2v) is 6.72. The Bertz CT molecular complexity index is 378. The van der Waals surface area contributed by atoms with E-state index < -0.39 is 0 Å². The lowest BCUT2D eigenvalue weighted by Crippen LogP contribution is -2.23. The van der Waals surface area contributed by atoms with E-state index in [0.29, 0.717) is 6.04 Å². The third-order valence-corrected chi connectivity index (χ3v) is 3.81. The number of nitrogens with one attached hydrogen (secondary N) is 1. The minimum Gasteiger partial charge on any atom is -0.382 e. The summed E-state index contributed by atoms with van der Waals surface area (Å²) in [5.74, 6) is 0. The van der Waals surface area contributed by atoms with Crippen LogP contribution in [0.5, 0.6) is 0 Å². The van der Waals surface area contributed by atoms with Crippen LogP contribution in [0, 0.1) is 0 Å². The molecule has 0 aliphatic carbocycles. The molecule has 0 saturated heterocycles. The summed E-state index contributed by atoms with van der Waals surface area (Å²) in [7, 11) is 0. The van der Waals surface area contributed by atoms with Crippen LogP contribution in [-0.2, 0) is 10.2 Å². The largest absolute Gasteiger partial charge is 0.382 e. The van der Waals surface area contributed by atoms with Crippen LogP contribution in [0.1, 0.15) is 71.0 Å². The Morgan fingerprint density at radius 3 is 2.29 bits per heavy atom. The fourth-order valence-corrected chi connectivity index (χ4v) is 2.45. The van der Waals surface area contributed by atoms with E-state index in [0.717, 1.165) is 32.6 Å². The Kier molecular flexibility index (Phi) is 7.98. The highest BCUT2D eigenvalue weighted by molar-refractivity contribution is 5.29. The van der Waals surface area contributed by atoms with Gasteiger partial charge in [-0.1, -0.05) is 52.0 Å². The molecule has 1 rings (SSSR count). The molecule has 2 nitrogen and oxygen atoms in total. The van der Waals surface area contributed by atoms with Gasteiger partial charge in [0.1, 0.15) is 0 Å². The van der Waals surface area contributed by atoms with Gasteiger partial charge >= 0.3 is 0 Å². The van der Waals surface area contributed by atoms with E-state index in [1.807, 2.05) is 0 Å². The summed E-state index contributed by atoms with van der Waals surface area (Å²) in [6.07, 6.45) is 3.41. The standard InChI is InChI=1S/C19H33NO/c1-6-14-20-18(9-8-15-21-7-2)16-10-12-17(13-11-16)19(3,4)5/h10-13,18,20H,6-9,14-15H2,1-5H3. The van der Waals surface area contributed by atoms with Crippen LogP contribution < -0.4 is 5.32 Å². The Labute approximate surface area is 131 Å². The van der Waals surface area contributed by atoms with Crippen molar-refractivity contribution in [3.8, 4) is 0 Å². The van der Waals surface area contributed by atoms with Crippen LogP contribution >= 0.6 is 0 Å². The van der Waals surface area contributed by atoms with E-state index in [9.17, 15) is 0 Å². The summed E-state index contributed by atoms with van der Waals surface area (Å²) in [6.45, 7) is 13.8. The molecule has 1 N–H and O–H groups in total. The summed E-state index contributed by atoms with van der Waals surface area (Å²) in [5.41, 5.74) is 3.02. The molecule has 0 saturated carbocycles. The molecule has 120 valence electrons. The number of rotatable bonds is 9. The van der Waals surface area contributed by atoms with E-state index in [1.165, 1.54) is 17.5 Å². The predicted octanol–water partition coefficient (Wildman–Crippen LogP) is 4.84. The van der Waals surface area contributed by atoms with Gasteiger partial charge in [-0.3, -0.25) is 0 Å². The first-order chi connectivity index (χ1) is 9.99. The van der Waals surface area contributed by atoms with Crippen molar-refractivity contribution in [1.29, 1.82) is 0 Å². The van der Waals surface area contributed by atoms with Gasteiger partial charge < -0.3 is 10.1 Å². The molecule has 0 bridgehead atoms. The molecule has 2 heteroatoms. The maximum absolute atomic E-state index is 5.46. The van der Waals surface area contributed by atoms with Crippen molar-refractivity contribution in [2.75, 3.05) is 19.8 Å². The molecule has 0 aromatic heterocycles. The van der Waals surface area contributed by atoms with Crippen LogP contribution in [0.2, 0.25) is 0 Å². The van der Waals surface area contributed by atoms with E-state index in [2.05, 4.69) is 64.2 Å². The highest BCUT2D eigenvalue weighted by Crippen LogP contribution is 2.25. The lowest BCUT2D eigenvalue weighted by atomic mass is 9.86. The van der Waals surface area contributed by atoms with Crippen LogP contribution in [0.15, 0.2) is 24.3 Å². The molecule has 1 atom stereocenters. The minimum absolute atomic E-state index is 0.222. The molecule has 0 radical (unpaired) electrons. The highest BCUT2D eigenvalue weighted by Gasteiger charge is 2.15. The van der Waals surface area contributed by atoms with Crippen molar-refractivity contribution in [2.45, 2.75) is 65.3 Å². The highest BCUT2D eigenvalue weighted by atomic mass is 16.5. The fourth-order valence-electron chi connectivity index (χ4n) is 2.45. The molecular formula is C19H33NO. The zero-order valence-corrected chi connectivity index (χ0v) is 14.5. The van der Waals surface area contributed by atoms with Crippen molar-refractivity contribution in [1.82, 2.24) is 5.32 Å². The quantitative estimate of drug-likeness (QED) is 0.657. The van der Waals surface area contributed by atoms with Crippen molar-refractivity contribution in [3.63, 3.8) is 0 Å². The number of hydrogen-bond donors (Lipinski definition) is 1. The molecule has 0 aliphatic rings. The molecule has 0 aliphatic heterocycles. The Morgan fingerprint density at radius 2 is 1.76 bits per heavy atom. The molecule has 0 fully saturated rings. The minimum atomic E-state index is 0.222. The van der Waals surface area contributed by atoms with Crippen molar-refractivity contribution < 1.29 is 4.74 Å². The topological polar surface area (TPSA) is 21.3 Å². The maximum atomic E-state index is 5.46. The molecule has 21 heavy (non-hydrogen) atoms. The Morgan fingerprint density at radius 1 is 1.10 bits per heavy atom. The molecular weight excluding hydrogens is 258 g/mol. The van der Waals surface area contributed by atoms with Gasteiger partial charge in [-0.25, -0.2) is 0 Å². The van der Waals surface area contributed by atoms with Crippen LogP contribution in [-0.4, -0.2) is 19.8 Å². The van der Waals surface area contributed by atoms with Crippen molar-refractivity contribution in [2.24, 2.45) is 0 Å². The number of benzene rings is 1. The molecule has 0 amide bonds. The lowest BCUT2D eigenvalue weighted by Gasteiger charge is -2.22. The summed E-state index contributed by atoms with van der Waals surface area (Å²) in [4.78, 5) is 0. The van der Waals surface area contributed by atoms with Crippen molar-refractivity contribution in [3.05, 3.63) is 35.4 Å². The van der Waals surface area contributed by atoms with E-state index in [-0.39, 0.29) is 5.41 Å². The molecule has 1 aromatic carbocycles. The maximum Gasteiger partial charge on any atom is 0.0466 e. The van der Waals surface area contributed by atoms with Gasteiger partial charge in [0.2, 0.25) is 0 Å². The number of hydrogen-bond acceptors (Lipinski definition) is 2. The SMILES string of the molecule is CCCNC(CCCOCC)c1ccc(C(C)(C)C)cc1. The first kappa shape index (κ1) is 18.2. The lowest BCUT2D eigenvalue weighted by molar-refractivity contribution is 0.141. The molecule has 1 unspecified atom stereocenters. The van der Waals surface area contributed by atoms with Crippen molar-refractivity contribution >= 4 is 0 Å². The zero-order chi connectivity index (χ0) is 15.7. The average molecular weight is 291 g/mol. The van der Waals surface area contributed by atoms with Gasteiger partial charge in [0.05, 0.1) is 0 Å². The monoisotopic (exact) mass is 291 g/mol. The smallest absolute Gasteiger partial charge is 0.0466 e. The Balaban J connectivity index is 2.68. The van der Waals surface area contributed by atoms with Gasteiger partial charge in [-0.05, 0) is 49.3 Å². The van der Waals surface area contributed by atoms with E-state index >= 15 is 0 Å². The third kappa shape index (κ3) is 6.62. The van der Waals surface area contributed by atoms with E-state index in [1.54, 1.807) is 0 Å². The van der Waals surface area contributed by atoms with Gasteiger partial charge in [0.25, 0.3) is 0 Å². The van der Waals surface area contributed by atoms with Gasteiger partial charge in [-0.15, -0.1) is 0 Å². The van der Waals surface area contributed by atoms with Gasteiger partial charge in [-0.2, -0.15) is 0 Å². The van der Waals surface area contributed by atoms with Crippen LogP contribution in [0.3, 0.4) is 0 Å². The average Bonchev–Trinajstić information content (AvgIpc) is 2.46. The summed E-state index contributed by atoms with van der Waals surface area (Å²) in [5, 5.41) is 3.67. The first-order valence-electron chi connectivity index (χ1n) is 8.40. The zero-order valence-electron chi connectivity index (χ0n) is 14.5.